The van der Waals surface area contributed by atoms with Crippen LogP contribution in [0.3, 0.4) is 0 Å². The van der Waals surface area contributed by atoms with Crippen molar-refractivity contribution < 1.29 is 9.90 Å². The van der Waals surface area contributed by atoms with Crippen molar-refractivity contribution >= 4 is 5.97 Å². The molecule has 1 atom stereocenters. The Morgan fingerprint density at radius 1 is 1.82 bits per heavy atom. The average Bonchev–Trinajstić information content (AvgIpc) is 2.68. The summed E-state index contributed by atoms with van der Waals surface area (Å²) >= 11 is 0. The molecule has 0 aromatic carbocycles. The van der Waals surface area contributed by atoms with E-state index in [0.29, 0.717) is 6.04 Å². The summed E-state index contributed by atoms with van der Waals surface area (Å²) in [5, 5.41) is 8.70. The predicted octanol–water partition coefficient (Wildman–Crippen LogP) is -0.507. The summed E-state index contributed by atoms with van der Waals surface area (Å²) in [5.41, 5.74) is 5.32. The first kappa shape index (κ1) is 8.49. The van der Waals surface area contributed by atoms with Gasteiger partial charge in [-0.2, -0.15) is 0 Å². The van der Waals surface area contributed by atoms with Gasteiger partial charge in [-0.25, -0.2) is 0 Å². The standard InChI is InChI=1S/C7H14N2O2/c1-9(5-2-3-5)6(4-8)7(10)11/h5-6H,2-4,8H2,1H3,(H,10,11). The maximum atomic E-state index is 10.6. The molecule has 0 bridgehead atoms. The second kappa shape index (κ2) is 3.19. The Labute approximate surface area is 66.0 Å². The number of aliphatic carboxylic acids is 1. The van der Waals surface area contributed by atoms with Crippen LogP contribution in [0.1, 0.15) is 12.8 Å². The van der Waals surface area contributed by atoms with E-state index in [2.05, 4.69) is 0 Å². The first-order valence-corrected chi connectivity index (χ1v) is 3.81. The van der Waals surface area contributed by atoms with E-state index in [1.54, 1.807) is 0 Å². The highest BCUT2D eigenvalue weighted by atomic mass is 16.4. The monoisotopic (exact) mass is 158 g/mol. The third-order valence-electron chi connectivity index (χ3n) is 2.12. The van der Waals surface area contributed by atoms with Gasteiger partial charge in [-0.3, -0.25) is 9.69 Å². The fourth-order valence-corrected chi connectivity index (χ4v) is 1.18. The van der Waals surface area contributed by atoms with Crippen molar-refractivity contribution in [2.45, 2.75) is 24.9 Å². The van der Waals surface area contributed by atoms with Gasteiger partial charge in [0.15, 0.2) is 0 Å². The van der Waals surface area contributed by atoms with Crippen molar-refractivity contribution in [3.8, 4) is 0 Å². The molecule has 0 spiro atoms. The summed E-state index contributed by atoms with van der Waals surface area (Å²) in [4.78, 5) is 12.4. The lowest BCUT2D eigenvalue weighted by atomic mass is 10.2. The van der Waals surface area contributed by atoms with E-state index in [-0.39, 0.29) is 6.54 Å². The van der Waals surface area contributed by atoms with E-state index in [0.717, 1.165) is 12.8 Å². The van der Waals surface area contributed by atoms with Crippen LogP contribution in [0.2, 0.25) is 0 Å². The summed E-state index contributed by atoms with van der Waals surface area (Å²) in [6, 6.07) is -0.0397. The predicted molar refractivity (Wildman–Crippen MR) is 41.3 cm³/mol. The first-order valence-electron chi connectivity index (χ1n) is 3.81. The van der Waals surface area contributed by atoms with Crippen LogP contribution in [0.15, 0.2) is 0 Å². The van der Waals surface area contributed by atoms with Gasteiger partial charge in [0, 0.05) is 12.6 Å². The lowest BCUT2D eigenvalue weighted by molar-refractivity contribution is -0.142. The average molecular weight is 158 g/mol. The number of carbonyl (C=O) groups is 1. The second-order valence-corrected chi connectivity index (χ2v) is 2.99. The minimum Gasteiger partial charge on any atom is -0.480 e. The first-order chi connectivity index (χ1) is 5.16. The second-order valence-electron chi connectivity index (χ2n) is 2.99. The summed E-state index contributed by atoms with van der Waals surface area (Å²) in [7, 11) is 1.82. The molecule has 4 nitrogen and oxygen atoms in total. The van der Waals surface area contributed by atoms with Crippen LogP contribution in [0.25, 0.3) is 0 Å². The smallest absolute Gasteiger partial charge is 0.322 e. The molecule has 0 aliphatic heterocycles. The van der Waals surface area contributed by atoms with Gasteiger partial charge in [0.1, 0.15) is 6.04 Å². The Bertz CT molecular complexity index is 157. The lowest BCUT2D eigenvalue weighted by Crippen LogP contribution is -2.44. The minimum atomic E-state index is -0.818. The van der Waals surface area contributed by atoms with Crippen molar-refractivity contribution in [3.63, 3.8) is 0 Å². The quantitative estimate of drug-likeness (QED) is 0.578. The fourth-order valence-electron chi connectivity index (χ4n) is 1.18. The summed E-state index contributed by atoms with van der Waals surface area (Å²) in [5.74, 6) is -0.818. The number of rotatable bonds is 4. The summed E-state index contributed by atoms with van der Waals surface area (Å²) < 4.78 is 0. The molecular weight excluding hydrogens is 144 g/mol. The number of hydrogen-bond donors (Lipinski definition) is 2. The van der Waals surface area contributed by atoms with E-state index in [9.17, 15) is 4.79 Å². The molecule has 1 aliphatic carbocycles. The molecular formula is C7H14N2O2. The minimum absolute atomic E-state index is 0.197. The molecule has 1 saturated carbocycles. The molecule has 0 amide bonds. The van der Waals surface area contributed by atoms with E-state index in [1.165, 1.54) is 0 Å². The normalized spacial score (nSPS) is 20.3. The highest BCUT2D eigenvalue weighted by Gasteiger charge is 2.33. The van der Waals surface area contributed by atoms with E-state index < -0.39 is 12.0 Å². The Hall–Kier alpha value is -0.610. The van der Waals surface area contributed by atoms with Gasteiger partial charge in [-0.15, -0.1) is 0 Å². The molecule has 4 heteroatoms. The molecule has 64 valence electrons. The third-order valence-corrected chi connectivity index (χ3v) is 2.12. The Morgan fingerprint density at radius 2 is 2.36 bits per heavy atom. The number of hydrogen-bond acceptors (Lipinski definition) is 3. The van der Waals surface area contributed by atoms with Crippen LogP contribution in [-0.2, 0) is 4.79 Å². The zero-order valence-electron chi connectivity index (χ0n) is 6.66. The zero-order valence-corrected chi connectivity index (χ0v) is 6.66. The molecule has 1 unspecified atom stereocenters. The fraction of sp³-hybridized carbons (Fsp3) is 0.857. The maximum absolute atomic E-state index is 10.6. The van der Waals surface area contributed by atoms with Gasteiger partial charge >= 0.3 is 5.97 Å². The highest BCUT2D eigenvalue weighted by Crippen LogP contribution is 2.26. The van der Waals surface area contributed by atoms with Crippen molar-refractivity contribution in [2.75, 3.05) is 13.6 Å². The van der Waals surface area contributed by atoms with Crippen LogP contribution in [0, 0.1) is 0 Å². The van der Waals surface area contributed by atoms with E-state index in [1.807, 2.05) is 11.9 Å². The number of nitrogens with zero attached hydrogens (tertiary/aromatic N) is 1. The number of nitrogens with two attached hydrogens (primary N) is 1. The van der Waals surface area contributed by atoms with E-state index >= 15 is 0 Å². The van der Waals surface area contributed by atoms with Crippen molar-refractivity contribution in [1.82, 2.24) is 4.90 Å². The molecule has 1 aliphatic rings. The number of carboxylic acids is 1. The summed E-state index contributed by atoms with van der Waals surface area (Å²) in [6.45, 7) is 0.197. The largest absolute Gasteiger partial charge is 0.480 e. The van der Waals surface area contributed by atoms with Crippen LogP contribution < -0.4 is 5.73 Å². The zero-order chi connectivity index (χ0) is 8.43. The molecule has 0 heterocycles. The van der Waals surface area contributed by atoms with Gasteiger partial charge in [-0.1, -0.05) is 0 Å². The van der Waals surface area contributed by atoms with Gasteiger partial charge in [0.05, 0.1) is 0 Å². The van der Waals surface area contributed by atoms with Crippen LogP contribution >= 0.6 is 0 Å². The molecule has 0 aromatic rings. The molecule has 0 radical (unpaired) electrons. The van der Waals surface area contributed by atoms with Gasteiger partial charge < -0.3 is 10.8 Å². The Balaban J connectivity index is 2.45. The third kappa shape index (κ3) is 1.91. The molecule has 11 heavy (non-hydrogen) atoms. The van der Waals surface area contributed by atoms with Crippen LogP contribution in [0.5, 0.6) is 0 Å². The molecule has 3 N–H and O–H groups in total. The molecule has 1 rings (SSSR count). The van der Waals surface area contributed by atoms with Crippen molar-refractivity contribution in [2.24, 2.45) is 5.73 Å². The van der Waals surface area contributed by atoms with Gasteiger partial charge in [0.2, 0.25) is 0 Å². The van der Waals surface area contributed by atoms with Crippen LogP contribution in [-0.4, -0.2) is 41.7 Å². The molecule has 1 fully saturated rings. The molecule has 0 aromatic heterocycles. The van der Waals surface area contributed by atoms with Gasteiger partial charge in [-0.05, 0) is 19.9 Å². The van der Waals surface area contributed by atoms with E-state index in [4.69, 9.17) is 10.8 Å². The van der Waals surface area contributed by atoms with Crippen molar-refractivity contribution in [3.05, 3.63) is 0 Å². The molecule has 0 saturated heterocycles. The summed E-state index contributed by atoms with van der Waals surface area (Å²) in [6.07, 6.45) is 2.22. The number of likely N-dealkylation sites (N-methyl/N-ethyl adjacent to an activating group) is 1. The lowest BCUT2D eigenvalue weighted by Gasteiger charge is -2.22. The maximum Gasteiger partial charge on any atom is 0.322 e. The highest BCUT2D eigenvalue weighted by molar-refractivity contribution is 5.73. The topological polar surface area (TPSA) is 66.6 Å². The van der Waals surface area contributed by atoms with Crippen molar-refractivity contribution in [1.29, 1.82) is 0 Å². The number of carboxylic acid groups (broad SMARTS) is 1. The SMILES string of the molecule is CN(C1CC1)C(CN)C(=O)O. The van der Waals surface area contributed by atoms with Crippen LogP contribution in [0.4, 0.5) is 0 Å². The Morgan fingerprint density at radius 3 is 2.64 bits per heavy atom. The van der Waals surface area contributed by atoms with Gasteiger partial charge in [0.25, 0.3) is 0 Å². The Kier molecular flexibility index (Phi) is 2.46.